The number of carbonyl (C=O) groups is 2. The van der Waals surface area contributed by atoms with Gasteiger partial charge >= 0.3 is 6.09 Å². The van der Waals surface area contributed by atoms with Crippen LogP contribution in [0.3, 0.4) is 0 Å². The van der Waals surface area contributed by atoms with Gasteiger partial charge in [0.2, 0.25) is 5.91 Å². The highest BCUT2D eigenvalue weighted by Gasteiger charge is 1.98. The lowest BCUT2D eigenvalue weighted by Gasteiger charge is -2.01. The van der Waals surface area contributed by atoms with Gasteiger partial charge in [0.15, 0.2) is 0 Å². The maximum Gasteiger partial charge on any atom is 0.406 e. The van der Waals surface area contributed by atoms with Gasteiger partial charge in [-0.15, -0.1) is 0 Å². The van der Waals surface area contributed by atoms with E-state index in [1.165, 1.54) is 7.11 Å². The smallest absolute Gasteiger partial charge is 0.406 e. The fourth-order valence-electron chi connectivity index (χ4n) is 0.673. The van der Waals surface area contributed by atoms with Gasteiger partial charge in [-0.2, -0.15) is 0 Å². The second-order valence-corrected chi connectivity index (χ2v) is 2.30. The highest BCUT2D eigenvalue weighted by molar-refractivity contribution is 5.72. The molecule has 0 heterocycles. The van der Waals surface area contributed by atoms with E-state index in [1.54, 1.807) is 0 Å². The van der Waals surface area contributed by atoms with Gasteiger partial charge in [0.1, 0.15) is 0 Å². The molecule has 0 unspecified atom stereocenters. The molecule has 5 nitrogen and oxygen atoms in total. The number of amides is 2. The van der Waals surface area contributed by atoms with Crippen LogP contribution >= 0.6 is 0 Å². The van der Waals surface area contributed by atoms with E-state index in [-0.39, 0.29) is 6.42 Å². The first kappa shape index (κ1) is 10.7. The summed E-state index contributed by atoms with van der Waals surface area (Å²) in [6.45, 7) is 0.486. The summed E-state index contributed by atoms with van der Waals surface area (Å²) in [5.41, 5.74) is 6.58. The van der Waals surface area contributed by atoms with E-state index < -0.39 is 12.0 Å². The van der Waals surface area contributed by atoms with Crippen molar-refractivity contribution in [3.63, 3.8) is 0 Å². The van der Waals surface area contributed by atoms with Crippen molar-refractivity contribution >= 4 is 12.0 Å². The molecule has 0 aromatic heterocycles. The molecule has 0 rings (SSSR count). The Morgan fingerprint density at radius 1 is 1.42 bits per heavy atom. The van der Waals surface area contributed by atoms with Crippen molar-refractivity contribution in [2.45, 2.75) is 19.3 Å². The third-order valence-electron chi connectivity index (χ3n) is 1.29. The van der Waals surface area contributed by atoms with Gasteiger partial charge in [-0.25, -0.2) is 4.79 Å². The molecule has 2 amide bonds. The molecule has 5 heteroatoms. The highest BCUT2D eigenvalue weighted by atomic mass is 16.5. The van der Waals surface area contributed by atoms with Gasteiger partial charge in [-0.1, -0.05) is 0 Å². The van der Waals surface area contributed by atoms with Gasteiger partial charge in [-0.3, -0.25) is 10.5 Å². The molecule has 0 aliphatic heterocycles. The van der Waals surface area contributed by atoms with Crippen LogP contribution in [0, 0.1) is 0 Å². The zero-order valence-electron chi connectivity index (χ0n) is 7.05. The molecule has 0 bridgehead atoms. The van der Waals surface area contributed by atoms with Gasteiger partial charge in [0.25, 0.3) is 0 Å². The van der Waals surface area contributed by atoms with E-state index in [4.69, 9.17) is 5.73 Å². The van der Waals surface area contributed by atoms with Crippen LogP contribution in [-0.2, 0) is 9.53 Å². The predicted molar refractivity (Wildman–Crippen MR) is 42.4 cm³/mol. The monoisotopic (exact) mass is 173 g/mol. The van der Waals surface area contributed by atoms with Crippen molar-refractivity contribution in [1.29, 1.82) is 0 Å². The zero-order valence-corrected chi connectivity index (χ0v) is 7.05. The molecule has 2 N–H and O–H groups in total. The maximum absolute atomic E-state index is 10.5. The Balaban J connectivity index is 3.11. The van der Waals surface area contributed by atoms with E-state index in [9.17, 15) is 9.59 Å². The molecule has 0 spiro atoms. The lowest BCUT2D eigenvalue weighted by Crippen LogP contribution is -2.24. The van der Waals surface area contributed by atoms with Crippen LogP contribution in [0.4, 0.5) is 4.79 Å². The molecule has 0 saturated heterocycles. The minimum atomic E-state index is -0.562. The van der Waals surface area contributed by atoms with Gasteiger partial charge in [-0.05, 0) is 12.8 Å². The average molecular weight is 173 g/mol. The van der Waals surface area contributed by atoms with Gasteiger partial charge < -0.3 is 10.1 Å². The summed E-state index contributed by atoms with van der Waals surface area (Å²) in [6.07, 6.45) is 1.11. The topological polar surface area (TPSA) is 79.2 Å². The lowest BCUT2D eigenvalue weighted by atomic mass is 10.2. The first-order chi connectivity index (χ1) is 5.66. The lowest BCUT2D eigenvalue weighted by molar-refractivity contribution is -0.118. The Hall–Kier alpha value is -1.26. The number of ether oxygens (including phenoxy) is 1. The van der Waals surface area contributed by atoms with E-state index in [0.29, 0.717) is 19.4 Å². The van der Waals surface area contributed by atoms with Crippen molar-refractivity contribution in [2.75, 3.05) is 13.7 Å². The van der Waals surface area contributed by atoms with Crippen LogP contribution in [0.2, 0.25) is 0 Å². The Kier molecular flexibility index (Phi) is 5.77. The summed E-state index contributed by atoms with van der Waals surface area (Å²) in [6, 6.07) is 0. The third kappa shape index (κ3) is 6.85. The number of alkyl carbamates (subject to hydrolysis) is 1. The molecule has 1 radical (unpaired) electrons. The molecule has 69 valence electrons. The van der Waals surface area contributed by atoms with Crippen molar-refractivity contribution in [3.8, 4) is 0 Å². The van der Waals surface area contributed by atoms with Crippen molar-refractivity contribution < 1.29 is 14.3 Å². The number of rotatable bonds is 5. The Morgan fingerprint density at radius 2 is 2.08 bits per heavy atom. The normalized spacial score (nSPS) is 9.08. The van der Waals surface area contributed by atoms with Gasteiger partial charge in [0, 0.05) is 13.0 Å². The van der Waals surface area contributed by atoms with Crippen molar-refractivity contribution in [1.82, 2.24) is 11.1 Å². The van der Waals surface area contributed by atoms with Crippen LogP contribution in [0.5, 0.6) is 0 Å². The minimum Gasteiger partial charge on any atom is -0.453 e. The molecule has 12 heavy (non-hydrogen) atoms. The molecule has 0 fully saturated rings. The number of nitrogens with one attached hydrogen (secondary N) is 2. The minimum absolute atomic E-state index is 0.253. The molecule has 0 atom stereocenters. The first-order valence-corrected chi connectivity index (χ1v) is 3.73. The van der Waals surface area contributed by atoms with E-state index in [2.05, 4.69) is 10.1 Å². The number of unbranched alkanes of at least 4 members (excludes halogenated alkanes) is 1. The predicted octanol–water partition coefficient (Wildman–Crippen LogP) is 0.322. The highest BCUT2D eigenvalue weighted by Crippen LogP contribution is 1.92. The number of hydrogen-bond donors (Lipinski definition) is 1. The number of methoxy groups -OCH3 is 1. The van der Waals surface area contributed by atoms with Gasteiger partial charge in [0.05, 0.1) is 7.11 Å². The molecule has 0 aromatic rings. The summed E-state index contributed by atoms with van der Waals surface area (Å²) in [5.74, 6) is -0.562. The first-order valence-electron chi connectivity index (χ1n) is 3.73. The van der Waals surface area contributed by atoms with E-state index >= 15 is 0 Å². The van der Waals surface area contributed by atoms with Crippen LogP contribution in [0.1, 0.15) is 19.3 Å². The fourth-order valence-corrected chi connectivity index (χ4v) is 0.673. The molecule has 0 aliphatic rings. The maximum atomic E-state index is 10.5. The third-order valence-corrected chi connectivity index (χ3v) is 1.29. The summed E-state index contributed by atoms with van der Waals surface area (Å²) in [7, 11) is 1.29. The molecule has 0 aliphatic carbocycles. The summed E-state index contributed by atoms with van der Waals surface area (Å²) in [5, 5.41) is 2.47. The van der Waals surface area contributed by atoms with Crippen molar-refractivity contribution in [2.24, 2.45) is 0 Å². The van der Waals surface area contributed by atoms with Crippen LogP contribution < -0.4 is 11.1 Å². The standard InChI is InChI=1S/C7H13N2O3/c1-12-7(11)9-5-3-2-4-6(8)10/h8H,2-5H2,1H3,(H,9,11). The Labute approximate surface area is 71.3 Å². The molecule has 0 saturated carbocycles. The zero-order chi connectivity index (χ0) is 9.40. The van der Waals surface area contributed by atoms with Crippen LogP contribution in [0.15, 0.2) is 0 Å². The average Bonchev–Trinajstić information content (AvgIpc) is 2.03. The molecule has 0 aromatic carbocycles. The van der Waals surface area contributed by atoms with Crippen LogP contribution in [-0.4, -0.2) is 25.7 Å². The molecular weight excluding hydrogens is 160 g/mol. The second-order valence-electron chi connectivity index (χ2n) is 2.30. The Bertz CT molecular complexity index is 159. The van der Waals surface area contributed by atoms with E-state index in [0.717, 1.165) is 0 Å². The summed E-state index contributed by atoms with van der Waals surface area (Å²) < 4.78 is 4.32. The van der Waals surface area contributed by atoms with E-state index in [1.807, 2.05) is 0 Å². The quantitative estimate of drug-likeness (QED) is 0.608. The summed E-state index contributed by atoms with van der Waals surface area (Å²) >= 11 is 0. The Morgan fingerprint density at radius 3 is 2.58 bits per heavy atom. The SMILES string of the molecule is COC(=O)NCCCCC([NH])=O. The number of hydrogen-bond acceptors (Lipinski definition) is 3. The van der Waals surface area contributed by atoms with Crippen molar-refractivity contribution in [3.05, 3.63) is 0 Å². The van der Waals surface area contributed by atoms with Crippen LogP contribution in [0.25, 0.3) is 0 Å². The molecular formula is C7H13N2O3. The number of carbonyl (C=O) groups excluding carboxylic acids is 2. The second kappa shape index (κ2) is 6.45. The largest absolute Gasteiger partial charge is 0.453 e. The fraction of sp³-hybridized carbons (Fsp3) is 0.714. The summed E-state index contributed by atoms with van der Waals surface area (Å²) in [4.78, 5) is 20.6.